The van der Waals surface area contributed by atoms with Gasteiger partial charge < -0.3 is 24.1 Å². The summed E-state index contributed by atoms with van der Waals surface area (Å²) >= 11 is 7.50. The molecule has 0 bridgehead atoms. The Kier molecular flexibility index (Phi) is 6.86. The van der Waals surface area contributed by atoms with Crippen LogP contribution in [0.4, 0.5) is 5.69 Å². The molecule has 33 heavy (non-hydrogen) atoms. The molecule has 7 nitrogen and oxygen atoms in total. The van der Waals surface area contributed by atoms with Crippen LogP contribution in [0.15, 0.2) is 60.1 Å². The molecule has 1 amide bonds. The summed E-state index contributed by atoms with van der Waals surface area (Å²) in [5.41, 5.74) is 3.25. The van der Waals surface area contributed by atoms with E-state index in [0.29, 0.717) is 28.0 Å². The van der Waals surface area contributed by atoms with Crippen LogP contribution in [0.3, 0.4) is 0 Å². The molecule has 0 unspecified atom stereocenters. The Morgan fingerprint density at radius 1 is 1.06 bits per heavy atom. The molecule has 2 heterocycles. The van der Waals surface area contributed by atoms with Gasteiger partial charge in [-0.05, 0) is 24.3 Å². The number of hydrogen-bond acceptors (Lipinski definition) is 6. The van der Waals surface area contributed by atoms with Crippen molar-refractivity contribution in [2.45, 2.75) is 6.54 Å². The number of aromatic nitrogens is 2. The van der Waals surface area contributed by atoms with E-state index in [1.807, 2.05) is 52.5 Å². The monoisotopic (exact) mass is 483 g/mol. The zero-order valence-corrected chi connectivity index (χ0v) is 19.9. The van der Waals surface area contributed by atoms with E-state index >= 15 is 0 Å². The van der Waals surface area contributed by atoms with Gasteiger partial charge in [0.2, 0.25) is 11.7 Å². The molecule has 0 radical (unpaired) electrons. The van der Waals surface area contributed by atoms with Crippen LogP contribution in [0.25, 0.3) is 22.0 Å². The Morgan fingerprint density at radius 2 is 1.76 bits per heavy atom. The van der Waals surface area contributed by atoms with Crippen LogP contribution in [0, 0.1) is 0 Å². The fraction of sp³-hybridized carbons (Fsp3) is 0.167. The van der Waals surface area contributed by atoms with Crippen molar-refractivity contribution in [3.05, 3.63) is 65.1 Å². The van der Waals surface area contributed by atoms with Gasteiger partial charge in [-0.2, -0.15) is 0 Å². The fourth-order valence-electron chi connectivity index (χ4n) is 3.40. The lowest BCUT2D eigenvalue weighted by atomic mass is 10.2. The molecule has 0 saturated carbocycles. The summed E-state index contributed by atoms with van der Waals surface area (Å²) in [4.78, 5) is 17.5. The average Bonchev–Trinajstić information content (AvgIpc) is 3.48. The van der Waals surface area contributed by atoms with Crippen LogP contribution in [0.2, 0.25) is 5.02 Å². The number of halogens is 1. The van der Waals surface area contributed by atoms with Gasteiger partial charge in [-0.1, -0.05) is 23.7 Å². The zero-order chi connectivity index (χ0) is 23.4. The smallest absolute Gasteiger partial charge is 0.244 e. The molecule has 0 fully saturated rings. The van der Waals surface area contributed by atoms with E-state index in [1.165, 1.54) is 32.7 Å². The molecule has 2 aromatic carbocycles. The molecule has 1 N–H and O–H groups in total. The number of methoxy groups -OCH3 is 3. The van der Waals surface area contributed by atoms with Crippen molar-refractivity contribution in [2.75, 3.05) is 26.6 Å². The predicted molar refractivity (Wildman–Crippen MR) is 131 cm³/mol. The number of hydrogen-bond donors (Lipinski definition) is 1. The van der Waals surface area contributed by atoms with Gasteiger partial charge in [0.15, 0.2) is 11.5 Å². The molecule has 0 saturated heterocycles. The Bertz CT molecular complexity index is 1240. The predicted octanol–water partition coefficient (Wildman–Crippen LogP) is 5.60. The van der Waals surface area contributed by atoms with Crippen molar-refractivity contribution >= 4 is 34.5 Å². The minimum absolute atomic E-state index is 0.120. The van der Waals surface area contributed by atoms with E-state index < -0.39 is 0 Å². The fourth-order valence-corrected chi connectivity index (χ4v) is 4.39. The number of carbonyl (C=O) groups is 1. The number of nitrogens with one attached hydrogen (secondary N) is 1. The van der Waals surface area contributed by atoms with Crippen LogP contribution in [0.5, 0.6) is 17.2 Å². The summed E-state index contributed by atoms with van der Waals surface area (Å²) in [6.45, 7) is 0.120. The van der Waals surface area contributed by atoms with E-state index in [9.17, 15) is 4.79 Å². The van der Waals surface area contributed by atoms with E-state index in [-0.39, 0.29) is 12.5 Å². The normalized spacial score (nSPS) is 10.7. The van der Waals surface area contributed by atoms with Crippen molar-refractivity contribution in [3.63, 3.8) is 0 Å². The van der Waals surface area contributed by atoms with E-state index in [1.54, 1.807) is 12.1 Å². The lowest BCUT2D eigenvalue weighted by molar-refractivity contribution is -0.116. The van der Waals surface area contributed by atoms with Gasteiger partial charge in [0, 0.05) is 40.0 Å². The van der Waals surface area contributed by atoms with Crippen LogP contribution < -0.4 is 19.5 Å². The summed E-state index contributed by atoms with van der Waals surface area (Å²) in [7, 11) is 4.59. The summed E-state index contributed by atoms with van der Waals surface area (Å²) in [6.07, 6.45) is 1.85. The third-order valence-electron chi connectivity index (χ3n) is 4.96. The number of thiazole rings is 1. The van der Waals surface area contributed by atoms with Crippen LogP contribution in [-0.2, 0) is 11.3 Å². The molecule has 170 valence electrons. The molecular weight excluding hydrogens is 462 g/mol. The zero-order valence-electron chi connectivity index (χ0n) is 18.3. The van der Waals surface area contributed by atoms with Crippen molar-refractivity contribution < 1.29 is 19.0 Å². The molecule has 0 aliphatic heterocycles. The first-order valence-electron chi connectivity index (χ1n) is 9.99. The Morgan fingerprint density at radius 3 is 2.39 bits per heavy atom. The molecule has 9 heteroatoms. The van der Waals surface area contributed by atoms with E-state index in [0.717, 1.165) is 22.0 Å². The highest BCUT2D eigenvalue weighted by molar-refractivity contribution is 7.13. The quantitative estimate of drug-likeness (QED) is 0.353. The highest BCUT2D eigenvalue weighted by Gasteiger charge is 2.16. The van der Waals surface area contributed by atoms with Crippen molar-refractivity contribution in [1.29, 1.82) is 0 Å². The number of ether oxygens (including phenoxy) is 3. The second-order valence-corrected chi connectivity index (χ2v) is 8.32. The number of nitrogens with zero attached hydrogens (tertiary/aromatic N) is 2. The third kappa shape index (κ3) is 4.97. The molecule has 2 aromatic heterocycles. The van der Waals surface area contributed by atoms with Gasteiger partial charge in [-0.15, -0.1) is 11.3 Å². The van der Waals surface area contributed by atoms with Gasteiger partial charge in [0.25, 0.3) is 0 Å². The first-order valence-corrected chi connectivity index (χ1v) is 11.2. The van der Waals surface area contributed by atoms with Gasteiger partial charge in [-0.25, -0.2) is 4.98 Å². The maximum atomic E-state index is 12.8. The molecule has 4 aromatic rings. The maximum Gasteiger partial charge on any atom is 0.244 e. The van der Waals surface area contributed by atoms with Gasteiger partial charge in [-0.3, -0.25) is 4.79 Å². The number of rotatable bonds is 8. The molecule has 0 spiro atoms. The average molecular weight is 484 g/mol. The lowest BCUT2D eigenvalue weighted by Crippen LogP contribution is -2.19. The van der Waals surface area contributed by atoms with Crippen LogP contribution >= 0.6 is 22.9 Å². The van der Waals surface area contributed by atoms with Gasteiger partial charge in [0.1, 0.15) is 11.6 Å². The minimum atomic E-state index is -0.198. The Labute approximate surface area is 200 Å². The van der Waals surface area contributed by atoms with Crippen molar-refractivity contribution in [3.8, 4) is 39.2 Å². The first-order chi connectivity index (χ1) is 16.0. The summed E-state index contributed by atoms with van der Waals surface area (Å²) in [5.74, 6) is 1.19. The standard InChI is InChI=1S/C24H22ClN3O4S/c1-30-20-11-17(12-21(31-2)23(20)32-3)26-22(29)13-28-10-4-5-19(28)24-27-18(14-33-24)15-6-8-16(25)9-7-15/h4-12,14H,13H2,1-3H3,(H,26,29). The summed E-state index contributed by atoms with van der Waals surface area (Å²) in [6, 6.07) is 14.8. The molecule has 0 aliphatic rings. The van der Waals surface area contributed by atoms with Gasteiger partial charge >= 0.3 is 0 Å². The Balaban J connectivity index is 1.51. The second-order valence-electron chi connectivity index (χ2n) is 7.03. The van der Waals surface area contributed by atoms with Crippen molar-refractivity contribution in [2.24, 2.45) is 0 Å². The third-order valence-corrected chi connectivity index (χ3v) is 6.07. The highest BCUT2D eigenvalue weighted by Crippen LogP contribution is 2.40. The first kappa shape index (κ1) is 22.7. The van der Waals surface area contributed by atoms with Crippen LogP contribution in [-0.4, -0.2) is 36.8 Å². The minimum Gasteiger partial charge on any atom is -0.493 e. The topological polar surface area (TPSA) is 74.6 Å². The molecular formula is C24H22ClN3O4S. The Hall–Kier alpha value is -3.49. The summed E-state index contributed by atoms with van der Waals surface area (Å²) in [5, 5.41) is 6.39. The van der Waals surface area contributed by atoms with Gasteiger partial charge in [0.05, 0.1) is 32.7 Å². The van der Waals surface area contributed by atoms with E-state index in [4.69, 9.17) is 30.8 Å². The molecule has 4 rings (SSSR count). The van der Waals surface area contributed by atoms with E-state index in [2.05, 4.69) is 5.32 Å². The summed E-state index contributed by atoms with van der Waals surface area (Å²) < 4.78 is 17.9. The number of benzene rings is 2. The number of amides is 1. The number of anilines is 1. The SMILES string of the molecule is COc1cc(NC(=O)Cn2cccc2-c2nc(-c3ccc(Cl)cc3)cs2)cc(OC)c1OC. The van der Waals surface area contributed by atoms with Crippen molar-refractivity contribution in [1.82, 2.24) is 9.55 Å². The highest BCUT2D eigenvalue weighted by atomic mass is 35.5. The molecule has 0 atom stereocenters. The molecule has 0 aliphatic carbocycles. The van der Waals surface area contributed by atoms with Crippen LogP contribution in [0.1, 0.15) is 0 Å². The lowest BCUT2D eigenvalue weighted by Gasteiger charge is -2.15. The number of carbonyl (C=O) groups excluding carboxylic acids is 1. The maximum absolute atomic E-state index is 12.8. The largest absolute Gasteiger partial charge is 0.493 e. The second kappa shape index (κ2) is 9.97.